The molecule has 0 bridgehead atoms. The first-order valence-electron chi connectivity index (χ1n) is 8.56. The third-order valence-electron chi connectivity index (χ3n) is 4.07. The van der Waals surface area contributed by atoms with Crippen LogP contribution in [0.2, 0.25) is 0 Å². The van der Waals surface area contributed by atoms with Gasteiger partial charge in [0.2, 0.25) is 16.0 Å². The van der Waals surface area contributed by atoms with E-state index in [9.17, 15) is 9.59 Å². The monoisotopic (exact) mass is 392 g/mol. The summed E-state index contributed by atoms with van der Waals surface area (Å²) in [6.45, 7) is 0. The van der Waals surface area contributed by atoms with Gasteiger partial charge in [0.05, 0.1) is 12.5 Å². The topological polar surface area (TPSA) is 101 Å². The van der Waals surface area contributed by atoms with E-state index in [4.69, 9.17) is 0 Å². The predicted octanol–water partition coefficient (Wildman–Crippen LogP) is 2.69. The summed E-state index contributed by atoms with van der Waals surface area (Å²) in [7, 11) is 0. The van der Waals surface area contributed by atoms with Gasteiger partial charge in [0, 0.05) is 5.56 Å². The summed E-state index contributed by atoms with van der Waals surface area (Å²) in [5.74, 6) is -0.492. The molecule has 4 rings (SSSR count). The van der Waals surface area contributed by atoms with Gasteiger partial charge in [-0.05, 0) is 17.7 Å². The lowest BCUT2D eigenvalue weighted by Gasteiger charge is -2.18. The number of anilines is 1. The Labute approximate surface area is 164 Å². The van der Waals surface area contributed by atoms with Crippen LogP contribution in [0.5, 0.6) is 0 Å². The normalized spacial score (nSPS) is 11.9. The van der Waals surface area contributed by atoms with E-state index in [1.807, 2.05) is 36.4 Å². The zero-order chi connectivity index (χ0) is 19.3. The predicted molar refractivity (Wildman–Crippen MR) is 105 cm³/mol. The van der Waals surface area contributed by atoms with Crippen molar-refractivity contribution in [1.29, 1.82) is 0 Å². The van der Waals surface area contributed by atoms with Crippen LogP contribution in [0.4, 0.5) is 5.13 Å². The Morgan fingerprint density at radius 1 is 1.04 bits per heavy atom. The minimum absolute atomic E-state index is 0.0722. The number of nitrogens with zero attached hydrogens (tertiary/aromatic N) is 4. The molecule has 2 aromatic carbocycles. The third kappa shape index (κ3) is 4.04. The van der Waals surface area contributed by atoms with Crippen molar-refractivity contribution in [2.24, 2.45) is 0 Å². The Hall–Kier alpha value is -3.59. The van der Waals surface area contributed by atoms with E-state index >= 15 is 0 Å². The molecule has 2 N–H and O–H groups in total. The number of hydrogen-bond donors (Lipinski definition) is 2. The van der Waals surface area contributed by atoms with Gasteiger partial charge in [-0.2, -0.15) is 4.52 Å². The molecule has 2 amide bonds. The highest BCUT2D eigenvalue weighted by atomic mass is 32.1. The van der Waals surface area contributed by atoms with E-state index in [1.165, 1.54) is 22.2 Å². The minimum Gasteiger partial charge on any atom is -0.345 e. The zero-order valence-electron chi connectivity index (χ0n) is 14.6. The average Bonchev–Trinajstić information content (AvgIpc) is 3.30. The lowest BCUT2D eigenvalue weighted by molar-refractivity contribution is -0.116. The summed E-state index contributed by atoms with van der Waals surface area (Å²) >= 11 is 1.22. The quantitative estimate of drug-likeness (QED) is 0.525. The lowest BCUT2D eigenvalue weighted by atomic mass is 10.0. The Morgan fingerprint density at radius 2 is 1.75 bits per heavy atom. The van der Waals surface area contributed by atoms with Gasteiger partial charge >= 0.3 is 0 Å². The molecule has 0 aliphatic rings. The number of benzene rings is 2. The van der Waals surface area contributed by atoms with Crippen LogP contribution in [-0.4, -0.2) is 31.6 Å². The van der Waals surface area contributed by atoms with Crippen LogP contribution in [0.1, 0.15) is 28.4 Å². The molecule has 0 aliphatic heterocycles. The van der Waals surface area contributed by atoms with Gasteiger partial charge in [-0.1, -0.05) is 59.9 Å². The van der Waals surface area contributed by atoms with Gasteiger partial charge in [-0.25, -0.2) is 0 Å². The molecule has 0 radical (unpaired) electrons. The van der Waals surface area contributed by atoms with Gasteiger partial charge in [-0.15, -0.1) is 15.3 Å². The number of amides is 2. The van der Waals surface area contributed by atoms with Crippen molar-refractivity contribution in [3.8, 4) is 0 Å². The molecular formula is C19H16N6O2S. The smallest absolute Gasteiger partial charge is 0.251 e. The first-order chi connectivity index (χ1) is 13.7. The van der Waals surface area contributed by atoms with E-state index in [-0.39, 0.29) is 18.2 Å². The summed E-state index contributed by atoms with van der Waals surface area (Å²) in [4.78, 5) is 25.7. The van der Waals surface area contributed by atoms with Gasteiger partial charge in [0.25, 0.3) is 5.91 Å². The van der Waals surface area contributed by atoms with Gasteiger partial charge in [-0.3, -0.25) is 9.59 Å². The maximum atomic E-state index is 12.6. The molecule has 0 fully saturated rings. The van der Waals surface area contributed by atoms with Crippen molar-refractivity contribution < 1.29 is 9.59 Å². The molecule has 2 heterocycles. The van der Waals surface area contributed by atoms with Crippen LogP contribution in [0.25, 0.3) is 4.96 Å². The number of rotatable bonds is 6. The molecule has 28 heavy (non-hydrogen) atoms. The highest BCUT2D eigenvalue weighted by molar-refractivity contribution is 7.20. The highest BCUT2D eigenvalue weighted by Crippen LogP contribution is 2.21. The molecule has 0 saturated carbocycles. The molecule has 1 atom stereocenters. The molecule has 0 aliphatic carbocycles. The highest BCUT2D eigenvalue weighted by Gasteiger charge is 2.20. The van der Waals surface area contributed by atoms with Crippen LogP contribution in [0, 0.1) is 0 Å². The summed E-state index contributed by atoms with van der Waals surface area (Å²) < 4.78 is 1.49. The SMILES string of the molecule is O=C(CC(NC(=O)c1ccccc1)c1ccccc1)Nc1nn2cnnc2s1. The van der Waals surface area contributed by atoms with E-state index in [0.717, 1.165) is 5.56 Å². The Kier molecular flexibility index (Phi) is 5.07. The molecule has 8 nitrogen and oxygen atoms in total. The van der Waals surface area contributed by atoms with E-state index < -0.39 is 6.04 Å². The number of fused-ring (bicyclic) bond motifs is 1. The Bertz CT molecular complexity index is 1060. The first kappa shape index (κ1) is 17.8. The molecule has 9 heteroatoms. The molecule has 140 valence electrons. The summed E-state index contributed by atoms with van der Waals surface area (Å²) in [5, 5.41) is 17.9. The lowest BCUT2D eigenvalue weighted by Crippen LogP contribution is -2.31. The first-order valence-corrected chi connectivity index (χ1v) is 9.38. The van der Waals surface area contributed by atoms with Crippen molar-refractivity contribution in [3.63, 3.8) is 0 Å². The Balaban J connectivity index is 1.49. The molecule has 4 aromatic rings. The molecule has 1 unspecified atom stereocenters. The largest absolute Gasteiger partial charge is 0.345 e. The standard InChI is InChI=1S/C19H16N6O2S/c26-16(22-18-24-25-12-20-23-19(25)28-18)11-15(13-7-3-1-4-8-13)21-17(27)14-9-5-2-6-10-14/h1-10,12,15H,11H2,(H,21,27)(H,22,24,26). The van der Waals surface area contributed by atoms with E-state index in [1.54, 1.807) is 24.3 Å². The second-order valence-corrected chi connectivity index (χ2v) is 6.98. The van der Waals surface area contributed by atoms with Gasteiger partial charge in [0.15, 0.2) is 0 Å². The minimum atomic E-state index is -0.473. The molecular weight excluding hydrogens is 376 g/mol. The van der Waals surface area contributed by atoms with Crippen LogP contribution < -0.4 is 10.6 Å². The zero-order valence-corrected chi connectivity index (χ0v) is 15.5. The number of hydrogen-bond acceptors (Lipinski definition) is 6. The fourth-order valence-corrected chi connectivity index (χ4v) is 3.47. The van der Waals surface area contributed by atoms with Crippen molar-refractivity contribution in [1.82, 2.24) is 25.1 Å². The third-order valence-corrected chi connectivity index (χ3v) is 4.89. The number of carbonyl (C=O) groups is 2. The molecule has 2 aromatic heterocycles. The maximum absolute atomic E-state index is 12.6. The van der Waals surface area contributed by atoms with Crippen LogP contribution >= 0.6 is 11.3 Å². The number of carbonyl (C=O) groups excluding carboxylic acids is 2. The van der Waals surface area contributed by atoms with Crippen LogP contribution in [0.15, 0.2) is 67.0 Å². The molecule has 0 spiro atoms. The number of nitrogens with one attached hydrogen (secondary N) is 2. The van der Waals surface area contributed by atoms with E-state index in [0.29, 0.717) is 15.7 Å². The van der Waals surface area contributed by atoms with Gasteiger partial charge < -0.3 is 10.6 Å². The van der Waals surface area contributed by atoms with Crippen LogP contribution in [-0.2, 0) is 4.79 Å². The van der Waals surface area contributed by atoms with Crippen molar-refractivity contribution in [3.05, 3.63) is 78.1 Å². The average molecular weight is 392 g/mol. The van der Waals surface area contributed by atoms with E-state index in [2.05, 4.69) is 25.9 Å². The van der Waals surface area contributed by atoms with Crippen LogP contribution in [0.3, 0.4) is 0 Å². The number of aromatic nitrogens is 4. The summed E-state index contributed by atoms with van der Waals surface area (Å²) in [6.07, 6.45) is 1.54. The fraction of sp³-hybridized carbons (Fsp3) is 0.105. The second kappa shape index (κ2) is 7.97. The fourth-order valence-electron chi connectivity index (χ4n) is 2.73. The summed E-state index contributed by atoms with van der Waals surface area (Å²) in [5.41, 5.74) is 1.39. The maximum Gasteiger partial charge on any atom is 0.251 e. The summed E-state index contributed by atoms with van der Waals surface area (Å²) in [6, 6.07) is 17.8. The molecule has 0 saturated heterocycles. The van der Waals surface area contributed by atoms with Crippen molar-refractivity contribution in [2.75, 3.05) is 5.32 Å². The Morgan fingerprint density at radius 3 is 2.46 bits per heavy atom. The van der Waals surface area contributed by atoms with Gasteiger partial charge in [0.1, 0.15) is 6.33 Å². The van der Waals surface area contributed by atoms with Crippen molar-refractivity contribution in [2.45, 2.75) is 12.5 Å². The second-order valence-electron chi connectivity index (χ2n) is 6.02. The van der Waals surface area contributed by atoms with Crippen molar-refractivity contribution >= 4 is 33.2 Å².